The Morgan fingerprint density at radius 1 is 0.947 bits per heavy atom. The molecule has 0 amide bonds. The summed E-state index contributed by atoms with van der Waals surface area (Å²) in [6.45, 7) is 6.54. The van der Waals surface area contributed by atoms with E-state index in [1.165, 1.54) is 16.7 Å². The molecule has 0 bridgehead atoms. The van der Waals surface area contributed by atoms with E-state index in [4.69, 9.17) is 0 Å². The monoisotopic (exact) mass is 317 g/mol. The van der Waals surface area contributed by atoms with Crippen LogP contribution in [0.5, 0.6) is 0 Å². The highest BCUT2D eigenvalue weighted by Gasteiger charge is 2.12. The van der Waals surface area contributed by atoms with E-state index in [0.717, 1.165) is 4.47 Å². The molecule has 0 heterocycles. The van der Waals surface area contributed by atoms with Gasteiger partial charge in [0.1, 0.15) is 0 Å². The van der Waals surface area contributed by atoms with Gasteiger partial charge >= 0.3 is 0 Å². The predicted octanol–water partition coefficient (Wildman–Crippen LogP) is 5.17. The second kappa shape index (κ2) is 6.36. The minimum Gasteiger partial charge on any atom is -0.304 e. The predicted molar refractivity (Wildman–Crippen MR) is 85.3 cm³/mol. The average Bonchev–Trinajstić information content (AvgIpc) is 2.39. The highest BCUT2D eigenvalue weighted by atomic mass is 79.9. The first-order valence-corrected chi connectivity index (χ1v) is 7.44. The van der Waals surface area contributed by atoms with Crippen molar-refractivity contribution < 1.29 is 0 Å². The van der Waals surface area contributed by atoms with Gasteiger partial charge in [0, 0.05) is 16.6 Å². The van der Waals surface area contributed by atoms with Crippen molar-refractivity contribution in [2.75, 3.05) is 0 Å². The first-order chi connectivity index (χ1) is 9.08. The summed E-state index contributed by atoms with van der Waals surface area (Å²) in [7, 11) is 0. The molecule has 2 aromatic rings. The zero-order valence-corrected chi connectivity index (χ0v) is 13.2. The summed E-state index contributed by atoms with van der Waals surface area (Å²) < 4.78 is 1.16. The van der Waals surface area contributed by atoms with Gasteiger partial charge in [0.15, 0.2) is 0 Å². The maximum absolute atomic E-state index is 3.65. The van der Waals surface area contributed by atoms with Crippen LogP contribution in [0.2, 0.25) is 0 Å². The third-order valence-corrected chi connectivity index (χ3v) is 4.14. The summed E-state index contributed by atoms with van der Waals surface area (Å²) in [4.78, 5) is 0. The molecule has 2 heteroatoms. The lowest BCUT2D eigenvalue weighted by Gasteiger charge is -2.22. The Hall–Kier alpha value is -1.12. The van der Waals surface area contributed by atoms with Gasteiger partial charge in [-0.05, 0) is 38.0 Å². The summed E-state index contributed by atoms with van der Waals surface area (Å²) >= 11 is 3.61. The number of halogens is 1. The van der Waals surface area contributed by atoms with E-state index in [1.807, 2.05) is 6.07 Å². The number of hydrogen-bond acceptors (Lipinski definition) is 1. The standard InChI is InChI=1S/C17H20BrN/c1-12-7-6-8-15(11-12)13(2)19-14(3)16-9-4-5-10-17(16)18/h4-11,13-14,19H,1-3H3/t13?,14-/m1/s1. The van der Waals surface area contributed by atoms with Gasteiger partial charge in [-0.3, -0.25) is 0 Å². The molecule has 2 atom stereocenters. The largest absolute Gasteiger partial charge is 0.304 e. The van der Waals surface area contributed by atoms with Crippen molar-refractivity contribution in [1.82, 2.24) is 5.32 Å². The van der Waals surface area contributed by atoms with Crippen LogP contribution in [0, 0.1) is 6.92 Å². The van der Waals surface area contributed by atoms with Crippen molar-refractivity contribution >= 4 is 15.9 Å². The molecule has 2 aromatic carbocycles. The number of nitrogens with one attached hydrogen (secondary N) is 1. The molecule has 1 unspecified atom stereocenters. The summed E-state index contributed by atoms with van der Waals surface area (Å²) in [5, 5.41) is 3.65. The van der Waals surface area contributed by atoms with Crippen molar-refractivity contribution in [3.8, 4) is 0 Å². The van der Waals surface area contributed by atoms with Crippen LogP contribution in [-0.4, -0.2) is 0 Å². The Morgan fingerprint density at radius 2 is 1.68 bits per heavy atom. The van der Waals surface area contributed by atoms with E-state index in [9.17, 15) is 0 Å². The van der Waals surface area contributed by atoms with E-state index in [0.29, 0.717) is 12.1 Å². The lowest BCUT2D eigenvalue weighted by molar-refractivity contribution is 0.493. The molecule has 19 heavy (non-hydrogen) atoms. The summed E-state index contributed by atoms with van der Waals surface area (Å²) in [5.41, 5.74) is 3.93. The van der Waals surface area contributed by atoms with Gasteiger partial charge in [-0.15, -0.1) is 0 Å². The normalized spacial score (nSPS) is 14.1. The van der Waals surface area contributed by atoms with Crippen molar-refractivity contribution in [3.63, 3.8) is 0 Å². The van der Waals surface area contributed by atoms with Crippen LogP contribution < -0.4 is 5.32 Å². The maximum atomic E-state index is 3.65. The van der Waals surface area contributed by atoms with Gasteiger partial charge in [-0.2, -0.15) is 0 Å². The molecule has 2 rings (SSSR count). The molecular formula is C17H20BrN. The number of benzene rings is 2. The van der Waals surface area contributed by atoms with Gasteiger partial charge in [-0.25, -0.2) is 0 Å². The first-order valence-electron chi connectivity index (χ1n) is 6.65. The third-order valence-electron chi connectivity index (χ3n) is 3.41. The molecule has 0 aromatic heterocycles. The highest BCUT2D eigenvalue weighted by Crippen LogP contribution is 2.25. The minimum atomic E-state index is 0.311. The van der Waals surface area contributed by atoms with Crippen LogP contribution in [-0.2, 0) is 0 Å². The summed E-state index contributed by atoms with van der Waals surface area (Å²) in [5.74, 6) is 0. The van der Waals surface area contributed by atoms with Crippen LogP contribution in [0.15, 0.2) is 53.0 Å². The van der Waals surface area contributed by atoms with Crippen LogP contribution in [0.3, 0.4) is 0 Å². The molecule has 1 nitrogen and oxygen atoms in total. The Bertz CT molecular complexity index is 550. The third kappa shape index (κ3) is 3.68. The Kier molecular flexibility index (Phi) is 4.78. The quantitative estimate of drug-likeness (QED) is 0.820. The molecule has 1 N–H and O–H groups in total. The zero-order valence-electron chi connectivity index (χ0n) is 11.7. The number of aryl methyl sites for hydroxylation is 1. The lowest BCUT2D eigenvalue weighted by atomic mass is 10.0. The van der Waals surface area contributed by atoms with E-state index in [-0.39, 0.29) is 0 Å². The minimum absolute atomic E-state index is 0.311. The second-order valence-corrected chi connectivity index (χ2v) is 5.90. The highest BCUT2D eigenvalue weighted by molar-refractivity contribution is 9.10. The first kappa shape index (κ1) is 14.3. The fourth-order valence-corrected chi connectivity index (χ4v) is 2.95. The van der Waals surface area contributed by atoms with Crippen LogP contribution >= 0.6 is 15.9 Å². The molecule has 100 valence electrons. The van der Waals surface area contributed by atoms with E-state index >= 15 is 0 Å². The fraction of sp³-hybridized carbons (Fsp3) is 0.294. The molecule has 0 fully saturated rings. The number of rotatable bonds is 4. The Labute approximate surface area is 124 Å². The molecule has 0 radical (unpaired) electrons. The van der Waals surface area contributed by atoms with Gasteiger partial charge < -0.3 is 5.32 Å². The molecule has 0 saturated heterocycles. The van der Waals surface area contributed by atoms with E-state index < -0.39 is 0 Å². The molecule has 0 aliphatic heterocycles. The summed E-state index contributed by atoms with van der Waals surface area (Å²) in [6.07, 6.45) is 0. The van der Waals surface area contributed by atoms with E-state index in [1.54, 1.807) is 0 Å². The second-order valence-electron chi connectivity index (χ2n) is 5.05. The van der Waals surface area contributed by atoms with Crippen molar-refractivity contribution in [1.29, 1.82) is 0 Å². The van der Waals surface area contributed by atoms with Crippen molar-refractivity contribution in [2.24, 2.45) is 0 Å². The molecule has 0 spiro atoms. The molecule has 0 aliphatic carbocycles. The zero-order chi connectivity index (χ0) is 13.8. The van der Waals surface area contributed by atoms with Gasteiger partial charge in [0.25, 0.3) is 0 Å². The van der Waals surface area contributed by atoms with E-state index in [2.05, 4.69) is 84.5 Å². The average molecular weight is 318 g/mol. The van der Waals surface area contributed by atoms with Gasteiger partial charge in [0.2, 0.25) is 0 Å². The van der Waals surface area contributed by atoms with Crippen LogP contribution in [0.1, 0.15) is 42.6 Å². The van der Waals surface area contributed by atoms with Crippen molar-refractivity contribution in [3.05, 3.63) is 69.7 Å². The topological polar surface area (TPSA) is 12.0 Å². The van der Waals surface area contributed by atoms with Crippen LogP contribution in [0.25, 0.3) is 0 Å². The van der Waals surface area contributed by atoms with Crippen molar-refractivity contribution in [2.45, 2.75) is 32.9 Å². The smallest absolute Gasteiger partial charge is 0.0308 e. The Balaban J connectivity index is 2.11. The number of hydrogen-bond donors (Lipinski definition) is 1. The molecule has 0 saturated carbocycles. The maximum Gasteiger partial charge on any atom is 0.0308 e. The Morgan fingerprint density at radius 3 is 2.37 bits per heavy atom. The van der Waals surface area contributed by atoms with Crippen LogP contribution in [0.4, 0.5) is 0 Å². The summed E-state index contributed by atoms with van der Waals surface area (Å²) in [6, 6.07) is 17.7. The molecular weight excluding hydrogens is 298 g/mol. The fourth-order valence-electron chi connectivity index (χ4n) is 2.33. The van der Waals surface area contributed by atoms with Gasteiger partial charge in [0.05, 0.1) is 0 Å². The lowest BCUT2D eigenvalue weighted by Crippen LogP contribution is -2.22. The van der Waals surface area contributed by atoms with Gasteiger partial charge in [-0.1, -0.05) is 64.0 Å². The SMILES string of the molecule is Cc1cccc(C(C)N[C@H](C)c2ccccc2Br)c1. The molecule has 0 aliphatic rings.